The molecule has 0 aromatic heterocycles. The van der Waals surface area contributed by atoms with Crippen molar-refractivity contribution in [2.75, 3.05) is 26.2 Å². The molecule has 0 spiro atoms. The summed E-state index contributed by atoms with van der Waals surface area (Å²) in [6, 6.07) is 8.61. The molecule has 0 aliphatic carbocycles. The van der Waals surface area contributed by atoms with Gasteiger partial charge in [-0.05, 0) is 24.6 Å². The Morgan fingerprint density at radius 3 is 2.20 bits per heavy atom. The van der Waals surface area contributed by atoms with Crippen LogP contribution in [-0.4, -0.2) is 47.9 Å². The maximum Gasteiger partial charge on any atom is 0.219 e. The summed E-state index contributed by atoms with van der Waals surface area (Å²) in [5.74, 6) is 0.158. The van der Waals surface area contributed by atoms with Gasteiger partial charge in [-0.2, -0.15) is 0 Å². The van der Waals surface area contributed by atoms with E-state index in [9.17, 15) is 4.79 Å². The summed E-state index contributed by atoms with van der Waals surface area (Å²) in [4.78, 5) is 15.7. The average molecular weight is 340 g/mol. The van der Waals surface area contributed by atoms with Crippen LogP contribution in [0.3, 0.4) is 0 Å². The van der Waals surface area contributed by atoms with Crippen molar-refractivity contribution < 1.29 is 4.79 Å². The van der Waals surface area contributed by atoms with Crippen LogP contribution in [0.1, 0.15) is 25.5 Å². The monoisotopic (exact) mass is 339 g/mol. The molecule has 1 aliphatic heterocycles. The second-order valence-corrected chi connectivity index (χ2v) is 6.31. The first-order valence-corrected chi connectivity index (χ1v) is 7.79. The Bertz CT molecular complexity index is 453. The highest BCUT2D eigenvalue weighted by atomic mass is 79.9. The summed E-state index contributed by atoms with van der Waals surface area (Å²) in [6.07, 6.45) is 0. The lowest BCUT2D eigenvalue weighted by molar-refractivity contribution is -0.130. The van der Waals surface area contributed by atoms with Crippen LogP contribution in [0.5, 0.6) is 0 Å². The number of nitrogens with zero attached hydrogens (tertiary/aromatic N) is 2. The van der Waals surface area contributed by atoms with Crippen molar-refractivity contribution in [3.63, 3.8) is 0 Å². The highest BCUT2D eigenvalue weighted by molar-refractivity contribution is 9.10. The molecular formula is C15H22BrN3O. The van der Waals surface area contributed by atoms with Crippen LogP contribution < -0.4 is 5.73 Å². The van der Waals surface area contributed by atoms with Crippen LogP contribution in [0.2, 0.25) is 0 Å². The van der Waals surface area contributed by atoms with Gasteiger partial charge in [-0.15, -0.1) is 0 Å². The number of carbonyl (C=O) groups excluding carboxylic acids is 1. The van der Waals surface area contributed by atoms with E-state index >= 15 is 0 Å². The summed E-state index contributed by atoms with van der Waals surface area (Å²) in [5.41, 5.74) is 7.43. The van der Waals surface area contributed by atoms with Crippen molar-refractivity contribution >= 4 is 21.8 Å². The molecule has 1 aromatic carbocycles. The van der Waals surface area contributed by atoms with Crippen molar-refractivity contribution in [2.24, 2.45) is 5.73 Å². The lowest BCUT2D eigenvalue weighted by Gasteiger charge is -2.40. The predicted octanol–water partition coefficient (Wildman–Crippen LogP) is 2.00. The molecule has 110 valence electrons. The van der Waals surface area contributed by atoms with E-state index in [4.69, 9.17) is 5.73 Å². The quantitative estimate of drug-likeness (QED) is 0.916. The standard InChI is InChI=1S/C15H22BrN3O/c1-11(17)15(13-3-5-14(16)6-4-13)19-9-7-18(8-10-19)12(2)20/h3-6,11,15H,7-10,17H2,1-2H3. The molecule has 1 heterocycles. The number of rotatable bonds is 3. The van der Waals surface area contributed by atoms with Gasteiger partial charge in [-0.3, -0.25) is 9.69 Å². The normalized spacial score (nSPS) is 19.7. The number of amides is 1. The molecule has 4 nitrogen and oxygen atoms in total. The third-order valence-corrected chi connectivity index (χ3v) is 4.39. The maximum absolute atomic E-state index is 11.4. The molecule has 2 unspecified atom stereocenters. The molecule has 2 N–H and O–H groups in total. The maximum atomic E-state index is 11.4. The zero-order valence-corrected chi connectivity index (χ0v) is 13.6. The third-order valence-electron chi connectivity index (χ3n) is 3.86. The highest BCUT2D eigenvalue weighted by Crippen LogP contribution is 2.26. The Kier molecular flexibility index (Phi) is 5.18. The first-order chi connectivity index (χ1) is 9.49. The topological polar surface area (TPSA) is 49.6 Å². The summed E-state index contributed by atoms with van der Waals surface area (Å²) >= 11 is 3.46. The van der Waals surface area contributed by atoms with Gasteiger partial charge >= 0.3 is 0 Å². The molecule has 1 fully saturated rings. The van der Waals surface area contributed by atoms with Gasteiger partial charge in [0, 0.05) is 49.7 Å². The van der Waals surface area contributed by atoms with Crippen LogP contribution >= 0.6 is 15.9 Å². The molecule has 0 bridgehead atoms. The zero-order chi connectivity index (χ0) is 14.7. The minimum atomic E-state index is 0.0556. The molecule has 0 saturated carbocycles. The van der Waals surface area contributed by atoms with E-state index in [0.29, 0.717) is 0 Å². The van der Waals surface area contributed by atoms with Gasteiger partial charge in [-0.25, -0.2) is 0 Å². The van der Waals surface area contributed by atoms with Gasteiger partial charge in [0.1, 0.15) is 0 Å². The Morgan fingerprint density at radius 2 is 1.75 bits per heavy atom. The number of benzene rings is 1. The van der Waals surface area contributed by atoms with E-state index in [1.165, 1.54) is 5.56 Å². The molecule has 20 heavy (non-hydrogen) atoms. The molecule has 2 rings (SSSR count). The SMILES string of the molecule is CC(=O)N1CCN(C(c2ccc(Br)cc2)C(C)N)CC1. The largest absolute Gasteiger partial charge is 0.340 e. The first-order valence-electron chi connectivity index (χ1n) is 6.99. The van der Waals surface area contributed by atoms with E-state index in [-0.39, 0.29) is 18.0 Å². The Hall–Kier alpha value is -0.910. The minimum Gasteiger partial charge on any atom is -0.340 e. The predicted molar refractivity (Wildman–Crippen MR) is 84.4 cm³/mol. The Labute approximate surface area is 129 Å². The van der Waals surface area contributed by atoms with E-state index in [1.54, 1.807) is 6.92 Å². The van der Waals surface area contributed by atoms with Crippen molar-refractivity contribution in [2.45, 2.75) is 25.9 Å². The first kappa shape index (κ1) is 15.5. The second kappa shape index (κ2) is 6.70. The summed E-state index contributed by atoms with van der Waals surface area (Å²) in [5, 5.41) is 0. The second-order valence-electron chi connectivity index (χ2n) is 5.40. The Morgan fingerprint density at radius 1 is 1.20 bits per heavy atom. The summed E-state index contributed by atoms with van der Waals surface area (Å²) < 4.78 is 1.08. The number of halogens is 1. The minimum absolute atomic E-state index is 0.0556. The summed E-state index contributed by atoms with van der Waals surface area (Å²) in [6.45, 7) is 7.01. The van der Waals surface area contributed by atoms with Crippen molar-refractivity contribution in [3.05, 3.63) is 34.3 Å². The molecular weight excluding hydrogens is 318 g/mol. The fourth-order valence-corrected chi connectivity index (χ4v) is 3.09. The van der Waals surface area contributed by atoms with Crippen LogP contribution in [0, 0.1) is 0 Å². The number of hydrogen-bond acceptors (Lipinski definition) is 3. The number of carbonyl (C=O) groups is 1. The van der Waals surface area contributed by atoms with Crippen LogP contribution in [0.15, 0.2) is 28.7 Å². The van der Waals surface area contributed by atoms with E-state index < -0.39 is 0 Å². The van der Waals surface area contributed by atoms with Gasteiger partial charge < -0.3 is 10.6 Å². The van der Waals surface area contributed by atoms with Gasteiger partial charge in [-0.1, -0.05) is 28.1 Å². The van der Waals surface area contributed by atoms with Crippen molar-refractivity contribution in [3.8, 4) is 0 Å². The number of nitrogens with two attached hydrogens (primary N) is 1. The average Bonchev–Trinajstić information content (AvgIpc) is 2.41. The lowest BCUT2D eigenvalue weighted by atomic mass is 9.98. The third kappa shape index (κ3) is 3.59. The van der Waals surface area contributed by atoms with E-state index in [1.807, 2.05) is 11.8 Å². The molecule has 1 aromatic rings. The zero-order valence-electron chi connectivity index (χ0n) is 12.1. The van der Waals surface area contributed by atoms with Crippen molar-refractivity contribution in [1.82, 2.24) is 9.80 Å². The highest BCUT2D eigenvalue weighted by Gasteiger charge is 2.28. The van der Waals surface area contributed by atoms with Gasteiger partial charge in [0.2, 0.25) is 5.91 Å². The molecule has 1 aliphatic rings. The van der Waals surface area contributed by atoms with Gasteiger partial charge in [0.25, 0.3) is 0 Å². The lowest BCUT2D eigenvalue weighted by Crippen LogP contribution is -2.51. The number of hydrogen-bond donors (Lipinski definition) is 1. The molecule has 1 amide bonds. The van der Waals surface area contributed by atoms with E-state index in [2.05, 4.69) is 45.1 Å². The van der Waals surface area contributed by atoms with Crippen LogP contribution in [-0.2, 0) is 4.79 Å². The Balaban J connectivity index is 2.10. The summed E-state index contributed by atoms with van der Waals surface area (Å²) in [7, 11) is 0. The molecule has 0 radical (unpaired) electrons. The molecule has 1 saturated heterocycles. The van der Waals surface area contributed by atoms with Crippen LogP contribution in [0.4, 0.5) is 0 Å². The van der Waals surface area contributed by atoms with Crippen LogP contribution in [0.25, 0.3) is 0 Å². The fourth-order valence-electron chi connectivity index (χ4n) is 2.82. The molecule has 2 atom stereocenters. The smallest absolute Gasteiger partial charge is 0.219 e. The van der Waals surface area contributed by atoms with E-state index in [0.717, 1.165) is 30.7 Å². The molecule has 5 heteroatoms. The number of piperazine rings is 1. The van der Waals surface area contributed by atoms with Crippen molar-refractivity contribution in [1.29, 1.82) is 0 Å². The van der Waals surface area contributed by atoms with Gasteiger partial charge in [0.15, 0.2) is 0 Å². The van der Waals surface area contributed by atoms with Gasteiger partial charge in [0.05, 0.1) is 0 Å². The fraction of sp³-hybridized carbons (Fsp3) is 0.533.